The van der Waals surface area contributed by atoms with Crippen molar-refractivity contribution in [2.24, 2.45) is 0 Å². The monoisotopic (exact) mass is 444 g/mol. The summed E-state index contributed by atoms with van der Waals surface area (Å²) in [4.78, 5) is 22.6. The Bertz CT molecular complexity index is 1300. The van der Waals surface area contributed by atoms with E-state index in [1.54, 1.807) is 4.40 Å². The molecule has 0 fully saturated rings. The van der Waals surface area contributed by atoms with Gasteiger partial charge in [-0.25, -0.2) is 14.4 Å². The summed E-state index contributed by atoms with van der Waals surface area (Å²) >= 11 is 0. The zero-order valence-electron chi connectivity index (χ0n) is 16.9. The molecule has 1 amide bonds. The lowest BCUT2D eigenvalue weighted by Gasteiger charge is -2.19. The number of aromatic nitrogens is 3. The molecule has 4 rings (SSSR count). The van der Waals surface area contributed by atoms with E-state index < -0.39 is 23.5 Å². The Balaban J connectivity index is 1.70. The largest absolute Gasteiger partial charge is 0.494 e. The number of nitrogens with zero attached hydrogens (tertiary/aromatic N) is 4. The third-order valence-electron chi connectivity index (χ3n) is 4.93. The minimum atomic E-state index is -4.44. The van der Waals surface area contributed by atoms with Crippen molar-refractivity contribution < 1.29 is 27.1 Å². The molecule has 4 aromatic rings. The Morgan fingerprint density at radius 2 is 1.78 bits per heavy atom. The van der Waals surface area contributed by atoms with Gasteiger partial charge in [0.25, 0.3) is 5.91 Å². The molecule has 0 aliphatic carbocycles. The molecule has 0 saturated heterocycles. The molecule has 164 valence electrons. The second-order valence-electron chi connectivity index (χ2n) is 6.90. The molecule has 0 aliphatic rings. The van der Waals surface area contributed by atoms with Gasteiger partial charge in [-0.05, 0) is 24.3 Å². The summed E-state index contributed by atoms with van der Waals surface area (Å²) in [5.74, 6) is -0.829. The fourth-order valence-electron chi connectivity index (χ4n) is 3.25. The second kappa shape index (κ2) is 7.95. The maximum atomic E-state index is 13.5. The quantitative estimate of drug-likeness (QED) is 0.423. The van der Waals surface area contributed by atoms with Crippen LogP contribution in [0.2, 0.25) is 0 Å². The first-order chi connectivity index (χ1) is 15.2. The summed E-state index contributed by atoms with van der Waals surface area (Å²) in [7, 11) is 2.86. The van der Waals surface area contributed by atoms with Gasteiger partial charge in [-0.1, -0.05) is 12.1 Å². The molecule has 10 heteroatoms. The number of ether oxygens (including phenoxy) is 1. The van der Waals surface area contributed by atoms with E-state index in [0.717, 1.165) is 18.2 Å². The molecule has 0 aliphatic heterocycles. The second-order valence-corrected chi connectivity index (χ2v) is 6.90. The van der Waals surface area contributed by atoms with Gasteiger partial charge in [0.2, 0.25) is 0 Å². The molecule has 6 nitrogen and oxygen atoms in total. The molecule has 0 bridgehead atoms. The van der Waals surface area contributed by atoms with Crippen molar-refractivity contribution >= 4 is 17.2 Å². The topological polar surface area (TPSA) is 59.7 Å². The van der Waals surface area contributed by atoms with Crippen LogP contribution in [-0.2, 0) is 6.18 Å². The van der Waals surface area contributed by atoms with Gasteiger partial charge < -0.3 is 9.64 Å². The lowest BCUT2D eigenvalue weighted by Crippen LogP contribution is -2.27. The van der Waals surface area contributed by atoms with Gasteiger partial charge >= 0.3 is 6.18 Å². The Morgan fingerprint density at radius 3 is 2.44 bits per heavy atom. The zero-order valence-corrected chi connectivity index (χ0v) is 16.9. The molecule has 0 N–H and O–H groups in total. The molecule has 2 heterocycles. The van der Waals surface area contributed by atoms with Crippen molar-refractivity contribution in [3.63, 3.8) is 0 Å². The van der Waals surface area contributed by atoms with Gasteiger partial charge in [-0.3, -0.25) is 9.20 Å². The van der Waals surface area contributed by atoms with Crippen LogP contribution in [0, 0.1) is 5.82 Å². The molecular weight excluding hydrogens is 428 g/mol. The zero-order chi connectivity index (χ0) is 23.0. The van der Waals surface area contributed by atoms with Crippen molar-refractivity contribution in [2.75, 3.05) is 19.1 Å². The third kappa shape index (κ3) is 3.86. The highest BCUT2D eigenvalue weighted by Gasteiger charge is 2.30. The number of fused-ring (bicyclic) bond motifs is 1. The Labute approximate surface area is 179 Å². The molecule has 0 radical (unpaired) electrons. The number of alkyl halides is 3. The first kappa shape index (κ1) is 21.3. The standard InChI is InChI=1S/C22H16F4N4O2/c1-29(17-8-7-15(23)9-19(17)32-2)21(31)16-12-30-18(10-28-20(30)11-27-16)13-3-5-14(6-4-13)22(24,25)26/h3-12H,1-2H3. The summed E-state index contributed by atoms with van der Waals surface area (Å²) in [5.41, 5.74) is 1.03. The number of benzene rings is 2. The highest BCUT2D eigenvalue weighted by atomic mass is 19.4. The van der Waals surface area contributed by atoms with Crippen LogP contribution >= 0.6 is 0 Å². The van der Waals surface area contributed by atoms with Crippen LogP contribution in [0.3, 0.4) is 0 Å². The summed E-state index contributed by atoms with van der Waals surface area (Å²) in [6.07, 6.45) is -0.116. The van der Waals surface area contributed by atoms with E-state index in [4.69, 9.17) is 4.74 Å². The molecule has 32 heavy (non-hydrogen) atoms. The van der Waals surface area contributed by atoms with Crippen LogP contribution in [0.15, 0.2) is 61.1 Å². The molecule has 0 unspecified atom stereocenters. The molecular formula is C22H16F4N4O2. The normalized spacial score (nSPS) is 11.6. The number of carbonyl (C=O) groups is 1. The average Bonchev–Trinajstić information content (AvgIpc) is 3.20. The predicted octanol–water partition coefficient (Wildman–Crippen LogP) is 4.84. The highest BCUT2D eigenvalue weighted by Crippen LogP contribution is 2.32. The Hall–Kier alpha value is -3.95. The van der Waals surface area contributed by atoms with E-state index in [0.29, 0.717) is 22.6 Å². The summed E-state index contributed by atoms with van der Waals surface area (Å²) < 4.78 is 58.8. The number of imidazole rings is 1. The average molecular weight is 444 g/mol. The van der Waals surface area contributed by atoms with Crippen molar-refractivity contribution in [1.82, 2.24) is 14.4 Å². The number of anilines is 1. The minimum Gasteiger partial charge on any atom is -0.494 e. The van der Waals surface area contributed by atoms with Crippen molar-refractivity contribution in [3.05, 3.63) is 78.1 Å². The molecule has 0 atom stereocenters. The summed E-state index contributed by atoms with van der Waals surface area (Å²) in [5, 5.41) is 0. The minimum absolute atomic E-state index is 0.0533. The third-order valence-corrected chi connectivity index (χ3v) is 4.93. The van der Waals surface area contributed by atoms with Gasteiger partial charge in [-0.15, -0.1) is 0 Å². The van der Waals surface area contributed by atoms with Gasteiger partial charge in [0.15, 0.2) is 5.65 Å². The van der Waals surface area contributed by atoms with E-state index in [2.05, 4.69) is 9.97 Å². The van der Waals surface area contributed by atoms with E-state index in [9.17, 15) is 22.4 Å². The van der Waals surface area contributed by atoms with Crippen LogP contribution in [0.4, 0.5) is 23.2 Å². The first-order valence-corrected chi connectivity index (χ1v) is 9.31. The van der Waals surface area contributed by atoms with E-state index in [1.807, 2.05) is 0 Å². The maximum absolute atomic E-state index is 13.5. The van der Waals surface area contributed by atoms with Crippen molar-refractivity contribution in [1.29, 1.82) is 0 Å². The van der Waals surface area contributed by atoms with Gasteiger partial charge in [0, 0.05) is 24.9 Å². The maximum Gasteiger partial charge on any atom is 0.416 e. The number of halogens is 4. The number of amides is 1. The van der Waals surface area contributed by atoms with Crippen LogP contribution in [0.25, 0.3) is 16.9 Å². The number of methoxy groups -OCH3 is 1. The van der Waals surface area contributed by atoms with E-state index in [1.165, 1.54) is 61.9 Å². The lowest BCUT2D eigenvalue weighted by molar-refractivity contribution is -0.137. The van der Waals surface area contributed by atoms with Crippen molar-refractivity contribution in [3.8, 4) is 17.0 Å². The molecule has 0 spiro atoms. The molecule has 2 aromatic heterocycles. The van der Waals surface area contributed by atoms with Gasteiger partial charge in [0.05, 0.1) is 36.4 Å². The molecule has 0 saturated carbocycles. The van der Waals surface area contributed by atoms with Crippen LogP contribution < -0.4 is 9.64 Å². The summed E-state index contributed by atoms with van der Waals surface area (Å²) in [6, 6.07) is 8.42. The lowest BCUT2D eigenvalue weighted by atomic mass is 10.1. The number of rotatable bonds is 4. The van der Waals surface area contributed by atoms with Crippen molar-refractivity contribution in [2.45, 2.75) is 6.18 Å². The van der Waals surface area contributed by atoms with Crippen LogP contribution in [0.5, 0.6) is 5.75 Å². The van der Waals surface area contributed by atoms with Gasteiger partial charge in [-0.2, -0.15) is 13.2 Å². The fraction of sp³-hybridized carbons (Fsp3) is 0.136. The Kier molecular flexibility index (Phi) is 5.29. The highest BCUT2D eigenvalue weighted by molar-refractivity contribution is 6.05. The first-order valence-electron chi connectivity index (χ1n) is 9.31. The SMILES string of the molecule is COc1cc(F)ccc1N(C)C(=O)c1cn2c(-c3ccc(C(F)(F)F)cc3)cnc2cn1. The van der Waals surface area contributed by atoms with Crippen LogP contribution in [-0.4, -0.2) is 34.4 Å². The number of hydrogen-bond acceptors (Lipinski definition) is 4. The Morgan fingerprint density at radius 1 is 1.06 bits per heavy atom. The number of hydrogen-bond donors (Lipinski definition) is 0. The summed E-state index contributed by atoms with van der Waals surface area (Å²) in [6.45, 7) is 0. The number of carbonyl (C=O) groups excluding carboxylic acids is 1. The van der Waals surface area contributed by atoms with Crippen LogP contribution in [0.1, 0.15) is 16.1 Å². The van der Waals surface area contributed by atoms with E-state index in [-0.39, 0.29) is 11.4 Å². The van der Waals surface area contributed by atoms with E-state index >= 15 is 0 Å². The van der Waals surface area contributed by atoms with Gasteiger partial charge in [0.1, 0.15) is 17.3 Å². The predicted molar refractivity (Wildman–Crippen MR) is 109 cm³/mol. The fourth-order valence-corrected chi connectivity index (χ4v) is 3.25. The molecule has 2 aromatic carbocycles. The smallest absolute Gasteiger partial charge is 0.416 e.